The number of rotatable bonds is 3. The molecule has 0 aromatic heterocycles. The first-order valence-electron chi connectivity index (χ1n) is 6.63. The molecule has 1 aromatic rings. The number of nitrogens with zero attached hydrogens (tertiary/aromatic N) is 1. The minimum absolute atomic E-state index is 0.568. The zero-order valence-corrected chi connectivity index (χ0v) is 11.2. The molecule has 17 heavy (non-hydrogen) atoms. The van der Waals surface area contributed by atoms with E-state index < -0.39 is 0 Å². The summed E-state index contributed by atoms with van der Waals surface area (Å²) in [5.41, 5.74) is 2.93. The van der Waals surface area contributed by atoms with Gasteiger partial charge < -0.3 is 10.2 Å². The van der Waals surface area contributed by atoms with Crippen molar-refractivity contribution in [3.8, 4) is 0 Å². The number of aryl methyl sites for hydroxylation is 1. The van der Waals surface area contributed by atoms with Crippen LogP contribution in [0.2, 0.25) is 0 Å². The highest BCUT2D eigenvalue weighted by molar-refractivity contribution is 5.29. The molecule has 2 heteroatoms. The van der Waals surface area contributed by atoms with Gasteiger partial charge in [-0.25, -0.2) is 0 Å². The van der Waals surface area contributed by atoms with E-state index in [9.17, 15) is 0 Å². The van der Waals surface area contributed by atoms with Crippen molar-refractivity contribution in [2.45, 2.75) is 25.8 Å². The fourth-order valence-corrected chi connectivity index (χ4v) is 3.03. The van der Waals surface area contributed by atoms with Crippen molar-refractivity contribution in [3.63, 3.8) is 0 Å². The summed E-state index contributed by atoms with van der Waals surface area (Å²) >= 11 is 0. The summed E-state index contributed by atoms with van der Waals surface area (Å²) in [6.07, 6.45) is 2.58. The lowest BCUT2D eigenvalue weighted by atomic mass is 9.84. The van der Waals surface area contributed by atoms with E-state index in [1.807, 2.05) is 0 Å². The first-order valence-corrected chi connectivity index (χ1v) is 6.63. The van der Waals surface area contributed by atoms with Crippen LogP contribution in [0.25, 0.3) is 0 Å². The first kappa shape index (κ1) is 12.6. The third kappa shape index (κ3) is 2.88. The van der Waals surface area contributed by atoms with E-state index in [1.54, 1.807) is 0 Å². The Morgan fingerprint density at radius 3 is 2.41 bits per heavy atom. The van der Waals surface area contributed by atoms with E-state index in [-0.39, 0.29) is 0 Å². The molecule has 0 bridgehead atoms. The van der Waals surface area contributed by atoms with Crippen LogP contribution in [0.3, 0.4) is 0 Å². The standard InChI is InChI=1S/C15H24N2/c1-12-6-4-5-7-14(12)15(17(2)3)13-8-10-16-11-9-13/h4-7,13,15-16H,8-11H2,1-3H3. The molecule has 1 saturated heterocycles. The Morgan fingerprint density at radius 1 is 1.18 bits per heavy atom. The summed E-state index contributed by atoms with van der Waals surface area (Å²) in [5.74, 6) is 0.785. The first-order chi connectivity index (χ1) is 8.20. The fourth-order valence-electron chi connectivity index (χ4n) is 3.03. The molecular formula is C15H24N2. The average Bonchev–Trinajstić information content (AvgIpc) is 2.33. The van der Waals surface area contributed by atoms with Crippen LogP contribution in [0.4, 0.5) is 0 Å². The second-order valence-electron chi connectivity index (χ2n) is 5.35. The number of hydrogen-bond donors (Lipinski definition) is 1. The zero-order valence-electron chi connectivity index (χ0n) is 11.2. The molecule has 1 aliphatic heterocycles. The average molecular weight is 232 g/mol. The normalized spacial score (nSPS) is 19.5. The molecule has 1 unspecified atom stereocenters. The molecule has 1 fully saturated rings. The predicted octanol–water partition coefficient (Wildman–Crippen LogP) is 2.60. The maximum atomic E-state index is 3.46. The number of hydrogen-bond acceptors (Lipinski definition) is 2. The minimum atomic E-state index is 0.568. The molecule has 94 valence electrons. The van der Waals surface area contributed by atoms with Crippen LogP contribution >= 0.6 is 0 Å². The summed E-state index contributed by atoms with van der Waals surface area (Å²) in [7, 11) is 4.41. The molecule has 1 aromatic carbocycles. The van der Waals surface area contributed by atoms with E-state index in [0.717, 1.165) is 5.92 Å². The fraction of sp³-hybridized carbons (Fsp3) is 0.600. The SMILES string of the molecule is Cc1ccccc1C(C1CCNCC1)N(C)C. The minimum Gasteiger partial charge on any atom is -0.317 e. The number of benzene rings is 1. The summed E-state index contributed by atoms with van der Waals surface area (Å²) < 4.78 is 0. The van der Waals surface area contributed by atoms with Crippen molar-refractivity contribution in [1.29, 1.82) is 0 Å². The van der Waals surface area contributed by atoms with Crippen molar-refractivity contribution < 1.29 is 0 Å². The maximum Gasteiger partial charge on any atom is 0.0373 e. The van der Waals surface area contributed by atoms with E-state index in [2.05, 4.69) is 55.5 Å². The van der Waals surface area contributed by atoms with Crippen molar-refractivity contribution >= 4 is 0 Å². The van der Waals surface area contributed by atoms with Crippen LogP contribution in [0.5, 0.6) is 0 Å². The van der Waals surface area contributed by atoms with Crippen LogP contribution in [-0.4, -0.2) is 32.1 Å². The van der Waals surface area contributed by atoms with Gasteiger partial charge in [0.1, 0.15) is 0 Å². The quantitative estimate of drug-likeness (QED) is 0.862. The molecular weight excluding hydrogens is 208 g/mol. The van der Waals surface area contributed by atoms with Gasteiger partial charge in [0.25, 0.3) is 0 Å². The van der Waals surface area contributed by atoms with Gasteiger partial charge in [0.15, 0.2) is 0 Å². The van der Waals surface area contributed by atoms with Crippen LogP contribution in [0, 0.1) is 12.8 Å². The maximum absolute atomic E-state index is 3.46. The molecule has 1 aliphatic rings. The van der Waals surface area contributed by atoms with Gasteiger partial charge in [0.2, 0.25) is 0 Å². The molecule has 2 rings (SSSR count). The molecule has 0 spiro atoms. The van der Waals surface area contributed by atoms with Gasteiger partial charge in [0, 0.05) is 6.04 Å². The third-order valence-electron chi connectivity index (χ3n) is 3.89. The largest absolute Gasteiger partial charge is 0.317 e. The summed E-state index contributed by atoms with van der Waals surface area (Å²) in [5, 5.41) is 3.46. The Bertz CT molecular complexity index is 354. The lowest BCUT2D eigenvalue weighted by Gasteiger charge is -2.36. The Morgan fingerprint density at radius 2 is 1.82 bits per heavy atom. The van der Waals surface area contributed by atoms with Crippen molar-refractivity contribution in [1.82, 2.24) is 10.2 Å². The van der Waals surface area contributed by atoms with Crippen molar-refractivity contribution in [3.05, 3.63) is 35.4 Å². The summed E-state index contributed by atoms with van der Waals surface area (Å²) in [6, 6.07) is 9.39. The molecule has 0 saturated carbocycles. The second kappa shape index (κ2) is 5.65. The Hall–Kier alpha value is -0.860. The van der Waals surface area contributed by atoms with Gasteiger partial charge in [-0.2, -0.15) is 0 Å². The molecule has 0 radical (unpaired) electrons. The highest BCUT2D eigenvalue weighted by atomic mass is 15.1. The lowest BCUT2D eigenvalue weighted by Crippen LogP contribution is -2.36. The van der Waals surface area contributed by atoms with Crippen LogP contribution < -0.4 is 5.32 Å². The van der Waals surface area contributed by atoms with E-state index in [4.69, 9.17) is 0 Å². The predicted molar refractivity (Wildman–Crippen MR) is 73.2 cm³/mol. The summed E-state index contributed by atoms with van der Waals surface area (Å²) in [4.78, 5) is 2.39. The Kier molecular flexibility index (Phi) is 4.19. The van der Waals surface area contributed by atoms with E-state index in [0.29, 0.717) is 6.04 Å². The second-order valence-corrected chi connectivity index (χ2v) is 5.35. The van der Waals surface area contributed by atoms with E-state index in [1.165, 1.54) is 37.1 Å². The van der Waals surface area contributed by atoms with Gasteiger partial charge in [-0.1, -0.05) is 24.3 Å². The van der Waals surface area contributed by atoms with Gasteiger partial charge in [-0.3, -0.25) is 0 Å². The highest BCUT2D eigenvalue weighted by Gasteiger charge is 2.27. The number of nitrogens with one attached hydrogen (secondary N) is 1. The van der Waals surface area contributed by atoms with Gasteiger partial charge in [-0.15, -0.1) is 0 Å². The topological polar surface area (TPSA) is 15.3 Å². The van der Waals surface area contributed by atoms with E-state index >= 15 is 0 Å². The summed E-state index contributed by atoms with van der Waals surface area (Å²) in [6.45, 7) is 4.56. The van der Waals surface area contributed by atoms with Crippen LogP contribution in [0.15, 0.2) is 24.3 Å². The van der Waals surface area contributed by atoms with Gasteiger partial charge >= 0.3 is 0 Å². The van der Waals surface area contributed by atoms with Gasteiger partial charge in [-0.05, 0) is 64.0 Å². The molecule has 2 nitrogen and oxygen atoms in total. The Balaban J connectivity index is 2.25. The molecule has 0 amide bonds. The van der Waals surface area contributed by atoms with Crippen LogP contribution in [0.1, 0.15) is 30.0 Å². The van der Waals surface area contributed by atoms with Gasteiger partial charge in [0.05, 0.1) is 0 Å². The zero-order chi connectivity index (χ0) is 12.3. The molecule has 1 N–H and O–H groups in total. The van der Waals surface area contributed by atoms with Crippen molar-refractivity contribution in [2.24, 2.45) is 5.92 Å². The monoisotopic (exact) mass is 232 g/mol. The smallest absolute Gasteiger partial charge is 0.0373 e. The Labute approximate surface area is 105 Å². The van der Waals surface area contributed by atoms with Crippen LogP contribution in [-0.2, 0) is 0 Å². The third-order valence-corrected chi connectivity index (χ3v) is 3.89. The highest BCUT2D eigenvalue weighted by Crippen LogP contribution is 2.34. The lowest BCUT2D eigenvalue weighted by molar-refractivity contribution is 0.177. The molecule has 1 atom stereocenters. The molecule has 1 heterocycles. The molecule has 0 aliphatic carbocycles. The van der Waals surface area contributed by atoms with Crippen molar-refractivity contribution in [2.75, 3.05) is 27.2 Å². The number of piperidine rings is 1.